The highest BCUT2D eigenvalue weighted by atomic mass is 127. The standard InChI is InChI=1S/C25H28IN5OS/c1-4-17-9-5-6-10-18(17)29-20(32)12-14-31-24(21-15(2)28-16(3)22(21)26)23(30-25(31)33)19-11-7-8-13-27-19/h5-11,13,23-24,28H,4,12,14H2,1-3H3,(H,29,32)(H,30,33)/t23-,24-/m1/s1. The average Bonchev–Trinajstić information content (AvgIpc) is 3.27. The monoisotopic (exact) mass is 573 g/mol. The third kappa shape index (κ3) is 4.91. The van der Waals surface area contributed by atoms with Crippen LogP contribution < -0.4 is 10.6 Å². The zero-order valence-electron chi connectivity index (χ0n) is 19.0. The smallest absolute Gasteiger partial charge is 0.226 e. The number of rotatable bonds is 7. The van der Waals surface area contributed by atoms with Crippen molar-refractivity contribution in [3.05, 3.63) is 80.4 Å². The van der Waals surface area contributed by atoms with Crippen molar-refractivity contribution in [1.29, 1.82) is 0 Å². The van der Waals surface area contributed by atoms with Gasteiger partial charge in [0.15, 0.2) is 5.11 Å². The highest BCUT2D eigenvalue weighted by molar-refractivity contribution is 14.1. The Kier molecular flexibility index (Phi) is 7.33. The fourth-order valence-electron chi connectivity index (χ4n) is 4.47. The van der Waals surface area contributed by atoms with Gasteiger partial charge in [-0.15, -0.1) is 0 Å². The lowest BCUT2D eigenvalue weighted by molar-refractivity contribution is -0.116. The minimum atomic E-state index is -0.0926. The summed E-state index contributed by atoms with van der Waals surface area (Å²) in [6, 6.07) is 13.7. The lowest BCUT2D eigenvalue weighted by atomic mass is 9.96. The molecule has 0 aliphatic carbocycles. The quantitative estimate of drug-likeness (QED) is 0.268. The van der Waals surface area contributed by atoms with Gasteiger partial charge in [0, 0.05) is 45.4 Å². The van der Waals surface area contributed by atoms with Crippen LogP contribution in [0.2, 0.25) is 0 Å². The third-order valence-corrected chi connectivity index (χ3v) is 7.83. The number of carbonyl (C=O) groups excluding carboxylic acids is 1. The maximum atomic E-state index is 12.9. The SMILES string of the molecule is CCc1ccccc1NC(=O)CCN1C(=S)N[C@H](c2ccccn2)[C@H]1c1c(C)[nH]c(C)c1I. The molecular weight excluding hydrogens is 545 g/mol. The average molecular weight is 574 g/mol. The molecule has 3 heterocycles. The van der Waals surface area contributed by atoms with E-state index in [-0.39, 0.29) is 18.0 Å². The molecule has 3 N–H and O–H groups in total. The third-order valence-electron chi connectivity index (χ3n) is 6.09. The second-order valence-electron chi connectivity index (χ2n) is 8.23. The van der Waals surface area contributed by atoms with Crippen LogP contribution in [0, 0.1) is 17.4 Å². The number of carbonyl (C=O) groups is 1. The molecule has 0 saturated carbocycles. The molecule has 2 aromatic heterocycles. The first-order valence-electron chi connectivity index (χ1n) is 11.1. The summed E-state index contributed by atoms with van der Waals surface area (Å²) in [5, 5.41) is 7.19. The van der Waals surface area contributed by atoms with Crippen molar-refractivity contribution in [3.63, 3.8) is 0 Å². The van der Waals surface area contributed by atoms with E-state index < -0.39 is 0 Å². The van der Waals surface area contributed by atoms with Crippen molar-refractivity contribution >= 4 is 51.5 Å². The molecule has 1 fully saturated rings. The predicted molar refractivity (Wildman–Crippen MR) is 144 cm³/mol. The number of H-pyrrole nitrogens is 1. The molecule has 0 bridgehead atoms. The summed E-state index contributed by atoms with van der Waals surface area (Å²) in [7, 11) is 0. The molecular formula is C25H28IN5OS. The fourth-order valence-corrected chi connectivity index (χ4v) is 5.66. The number of aromatic amines is 1. The van der Waals surface area contributed by atoms with Crippen LogP contribution in [0.3, 0.4) is 0 Å². The maximum Gasteiger partial charge on any atom is 0.226 e. The Bertz CT molecular complexity index is 1160. The normalized spacial score (nSPS) is 17.8. The van der Waals surface area contributed by atoms with Crippen molar-refractivity contribution in [2.75, 3.05) is 11.9 Å². The molecule has 4 rings (SSSR count). The number of nitrogens with one attached hydrogen (secondary N) is 3. The Morgan fingerprint density at radius 3 is 2.61 bits per heavy atom. The van der Waals surface area contributed by atoms with Gasteiger partial charge in [0.2, 0.25) is 5.91 Å². The molecule has 33 heavy (non-hydrogen) atoms. The lowest BCUT2D eigenvalue weighted by Crippen LogP contribution is -2.33. The summed E-state index contributed by atoms with van der Waals surface area (Å²) >= 11 is 8.15. The van der Waals surface area contributed by atoms with E-state index in [1.54, 1.807) is 6.20 Å². The van der Waals surface area contributed by atoms with Gasteiger partial charge in [-0.05, 0) is 78.8 Å². The van der Waals surface area contributed by atoms with Crippen LogP contribution in [0.1, 0.15) is 53.6 Å². The number of anilines is 1. The molecule has 172 valence electrons. The summed E-state index contributed by atoms with van der Waals surface area (Å²) in [5.41, 5.74) is 6.39. The number of thiocarbonyl (C=S) groups is 1. The Labute approximate surface area is 213 Å². The lowest BCUT2D eigenvalue weighted by Gasteiger charge is -2.28. The molecule has 1 amide bonds. The van der Waals surface area contributed by atoms with Crippen molar-refractivity contribution < 1.29 is 4.79 Å². The number of aryl methyl sites for hydroxylation is 3. The number of aromatic nitrogens is 2. The van der Waals surface area contributed by atoms with Gasteiger partial charge in [0.05, 0.1) is 17.8 Å². The van der Waals surface area contributed by atoms with Crippen LogP contribution in [0.5, 0.6) is 0 Å². The first-order valence-corrected chi connectivity index (χ1v) is 12.6. The van der Waals surface area contributed by atoms with Gasteiger partial charge in [-0.25, -0.2) is 0 Å². The van der Waals surface area contributed by atoms with Crippen LogP contribution in [0.15, 0.2) is 48.7 Å². The van der Waals surface area contributed by atoms with Gasteiger partial charge < -0.3 is 20.5 Å². The van der Waals surface area contributed by atoms with Crippen LogP contribution in [-0.2, 0) is 11.2 Å². The van der Waals surface area contributed by atoms with E-state index in [0.717, 1.165) is 34.8 Å². The van der Waals surface area contributed by atoms with Crippen molar-refractivity contribution in [2.45, 2.75) is 45.7 Å². The van der Waals surface area contributed by atoms with E-state index in [1.165, 1.54) is 9.13 Å². The summed E-state index contributed by atoms with van der Waals surface area (Å²) in [6.07, 6.45) is 3.01. The van der Waals surface area contributed by atoms with Gasteiger partial charge in [-0.2, -0.15) is 0 Å². The zero-order chi connectivity index (χ0) is 23.5. The van der Waals surface area contributed by atoms with Crippen molar-refractivity contribution in [2.24, 2.45) is 0 Å². The van der Waals surface area contributed by atoms with Gasteiger partial charge in [-0.3, -0.25) is 9.78 Å². The number of pyridine rings is 1. The first kappa shape index (κ1) is 23.7. The van der Waals surface area contributed by atoms with Crippen LogP contribution in [-0.4, -0.2) is 32.4 Å². The van der Waals surface area contributed by atoms with Gasteiger partial charge in [-0.1, -0.05) is 31.2 Å². The number of para-hydroxylation sites is 1. The Balaban J connectivity index is 1.59. The van der Waals surface area contributed by atoms with Crippen LogP contribution >= 0.6 is 34.8 Å². The second-order valence-corrected chi connectivity index (χ2v) is 9.70. The van der Waals surface area contributed by atoms with Gasteiger partial charge in [0.1, 0.15) is 0 Å². The molecule has 0 spiro atoms. The molecule has 0 radical (unpaired) electrons. The molecule has 8 heteroatoms. The number of nitrogens with zero attached hydrogens (tertiary/aromatic N) is 2. The minimum absolute atomic E-state index is 0.0181. The number of amides is 1. The number of benzene rings is 1. The number of hydrogen-bond donors (Lipinski definition) is 3. The largest absolute Gasteiger partial charge is 0.362 e. The maximum absolute atomic E-state index is 12.9. The molecule has 2 atom stereocenters. The molecule has 1 aromatic carbocycles. The molecule has 0 unspecified atom stereocenters. The van der Waals surface area contributed by atoms with Crippen LogP contribution in [0.25, 0.3) is 0 Å². The highest BCUT2D eigenvalue weighted by Crippen LogP contribution is 2.42. The Hall–Kier alpha value is -2.46. The Morgan fingerprint density at radius 2 is 1.94 bits per heavy atom. The summed E-state index contributed by atoms with van der Waals surface area (Å²) < 4.78 is 1.19. The second kappa shape index (κ2) is 10.2. The molecule has 1 saturated heterocycles. The van der Waals surface area contributed by atoms with E-state index in [1.807, 2.05) is 42.5 Å². The molecule has 1 aliphatic rings. The topological polar surface area (TPSA) is 73.1 Å². The summed E-state index contributed by atoms with van der Waals surface area (Å²) in [4.78, 5) is 23.1. The number of hydrogen-bond acceptors (Lipinski definition) is 3. The molecule has 1 aliphatic heterocycles. The molecule has 6 nitrogen and oxygen atoms in total. The van der Waals surface area contributed by atoms with Crippen molar-refractivity contribution in [3.8, 4) is 0 Å². The number of halogens is 1. The summed E-state index contributed by atoms with van der Waals surface area (Å²) in [6.45, 7) is 6.77. The van der Waals surface area contributed by atoms with Gasteiger partial charge >= 0.3 is 0 Å². The van der Waals surface area contributed by atoms with E-state index in [9.17, 15) is 4.79 Å². The minimum Gasteiger partial charge on any atom is -0.362 e. The van der Waals surface area contributed by atoms with Crippen LogP contribution in [0.4, 0.5) is 5.69 Å². The molecule has 3 aromatic rings. The van der Waals surface area contributed by atoms with E-state index in [0.29, 0.717) is 18.1 Å². The van der Waals surface area contributed by atoms with E-state index >= 15 is 0 Å². The highest BCUT2D eigenvalue weighted by Gasteiger charge is 2.42. The van der Waals surface area contributed by atoms with Gasteiger partial charge in [0.25, 0.3) is 0 Å². The van der Waals surface area contributed by atoms with E-state index in [4.69, 9.17) is 12.2 Å². The summed E-state index contributed by atoms with van der Waals surface area (Å²) in [5.74, 6) is -0.0181. The first-order chi connectivity index (χ1) is 15.9. The fraction of sp³-hybridized carbons (Fsp3) is 0.320. The predicted octanol–water partition coefficient (Wildman–Crippen LogP) is 5.19. The van der Waals surface area contributed by atoms with E-state index in [2.05, 4.69) is 68.9 Å². The Morgan fingerprint density at radius 1 is 1.18 bits per heavy atom. The zero-order valence-corrected chi connectivity index (χ0v) is 22.0. The van der Waals surface area contributed by atoms with Crippen molar-refractivity contribution in [1.82, 2.24) is 20.2 Å².